The van der Waals surface area contributed by atoms with Crippen molar-refractivity contribution in [3.63, 3.8) is 0 Å². The molecule has 0 unspecified atom stereocenters. The van der Waals surface area contributed by atoms with Crippen molar-refractivity contribution < 1.29 is 14.3 Å². The van der Waals surface area contributed by atoms with Gasteiger partial charge in [0, 0.05) is 11.4 Å². The average Bonchev–Trinajstić information content (AvgIpc) is 2.46. The number of rotatable bonds is 4. The standard InChI is InChI=1S/C16H16N2O3/c1-12-6-5-9-14(10-12)17-15(19)11-21-16(20)18-13-7-3-2-4-8-13/h2-10H,11H2,1H3,(H,17,19)(H,18,20). The number of hydrogen-bond donors (Lipinski definition) is 2. The fraction of sp³-hybridized carbons (Fsp3) is 0.125. The van der Waals surface area contributed by atoms with Crippen LogP contribution in [-0.4, -0.2) is 18.6 Å². The van der Waals surface area contributed by atoms with Gasteiger partial charge in [-0.3, -0.25) is 10.1 Å². The van der Waals surface area contributed by atoms with Gasteiger partial charge >= 0.3 is 6.09 Å². The number of para-hydroxylation sites is 1. The molecule has 0 aliphatic rings. The summed E-state index contributed by atoms with van der Waals surface area (Å²) in [6.07, 6.45) is -0.666. The summed E-state index contributed by atoms with van der Waals surface area (Å²) >= 11 is 0. The molecule has 0 aliphatic heterocycles. The highest BCUT2D eigenvalue weighted by molar-refractivity contribution is 5.94. The predicted octanol–water partition coefficient (Wildman–Crippen LogP) is 3.18. The van der Waals surface area contributed by atoms with Gasteiger partial charge in [0.25, 0.3) is 5.91 Å². The lowest BCUT2D eigenvalue weighted by Crippen LogP contribution is -2.23. The maximum Gasteiger partial charge on any atom is 0.412 e. The fourth-order valence-electron chi connectivity index (χ4n) is 1.73. The molecule has 0 heterocycles. The first kappa shape index (κ1) is 14.6. The molecular formula is C16H16N2O3. The molecule has 0 spiro atoms. The molecule has 0 aliphatic carbocycles. The molecule has 21 heavy (non-hydrogen) atoms. The summed E-state index contributed by atoms with van der Waals surface area (Å²) < 4.78 is 4.85. The van der Waals surface area contributed by atoms with E-state index in [9.17, 15) is 9.59 Å². The van der Waals surface area contributed by atoms with Gasteiger partial charge < -0.3 is 10.1 Å². The molecule has 0 atom stereocenters. The largest absolute Gasteiger partial charge is 0.439 e. The van der Waals surface area contributed by atoms with Gasteiger partial charge in [-0.15, -0.1) is 0 Å². The monoisotopic (exact) mass is 284 g/mol. The molecule has 0 saturated heterocycles. The van der Waals surface area contributed by atoms with Gasteiger partial charge in [-0.1, -0.05) is 30.3 Å². The molecule has 0 fully saturated rings. The number of ether oxygens (including phenoxy) is 1. The summed E-state index contributed by atoms with van der Waals surface area (Å²) in [5.41, 5.74) is 2.32. The smallest absolute Gasteiger partial charge is 0.412 e. The number of amides is 2. The number of carbonyl (C=O) groups excluding carboxylic acids is 2. The highest BCUT2D eigenvalue weighted by Gasteiger charge is 2.07. The Balaban J connectivity index is 1.77. The number of benzene rings is 2. The van der Waals surface area contributed by atoms with Crippen molar-refractivity contribution in [2.75, 3.05) is 17.2 Å². The summed E-state index contributed by atoms with van der Waals surface area (Å²) in [5.74, 6) is -0.385. The van der Waals surface area contributed by atoms with Crippen molar-refractivity contribution in [1.29, 1.82) is 0 Å². The van der Waals surface area contributed by atoms with Gasteiger partial charge in [-0.25, -0.2) is 4.79 Å². The van der Waals surface area contributed by atoms with Gasteiger partial charge in [0.2, 0.25) is 0 Å². The molecule has 2 aromatic rings. The SMILES string of the molecule is Cc1cccc(NC(=O)COC(=O)Nc2ccccc2)c1. The zero-order valence-electron chi connectivity index (χ0n) is 11.6. The van der Waals surface area contributed by atoms with Crippen LogP contribution in [0.3, 0.4) is 0 Å². The number of hydrogen-bond acceptors (Lipinski definition) is 3. The summed E-state index contributed by atoms with van der Waals surface area (Å²) in [5, 5.41) is 5.19. The third-order valence-corrected chi connectivity index (χ3v) is 2.66. The Kier molecular flexibility index (Phi) is 4.93. The van der Waals surface area contributed by atoms with Crippen LogP contribution in [0.5, 0.6) is 0 Å². The zero-order chi connectivity index (χ0) is 15.1. The lowest BCUT2D eigenvalue weighted by molar-refractivity contribution is -0.118. The van der Waals surface area contributed by atoms with Crippen LogP contribution < -0.4 is 10.6 Å². The van der Waals surface area contributed by atoms with E-state index in [1.807, 2.05) is 31.2 Å². The molecule has 0 bridgehead atoms. The lowest BCUT2D eigenvalue weighted by Gasteiger charge is -2.08. The molecule has 5 nitrogen and oxygen atoms in total. The normalized spacial score (nSPS) is 9.76. The molecule has 0 saturated carbocycles. The minimum atomic E-state index is -0.666. The molecular weight excluding hydrogens is 268 g/mol. The predicted molar refractivity (Wildman–Crippen MR) is 81.2 cm³/mol. The van der Waals surface area contributed by atoms with Crippen LogP contribution in [-0.2, 0) is 9.53 Å². The number of aryl methyl sites for hydroxylation is 1. The molecule has 0 aromatic heterocycles. The second kappa shape index (κ2) is 7.09. The Morgan fingerprint density at radius 3 is 2.38 bits per heavy atom. The number of carbonyl (C=O) groups is 2. The van der Waals surface area contributed by atoms with Crippen molar-refractivity contribution in [3.05, 3.63) is 60.2 Å². The zero-order valence-corrected chi connectivity index (χ0v) is 11.6. The van der Waals surface area contributed by atoms with Crippen LogP contribution in [0.1, 0.15) is 5.56 Å². The van der Waals surface area contributed by atoms with E-state index in [4.69, 9.17) is 4.74 Å². The maximum absolute atomic E-state index is 11.7. The molecule has 5 heteroatoms. The minimum Gasteiger partial charge on any atom is -0.439 e. The first-order chi connectivity index (χ1) is 10.1. The highest BCUT2D eigenvalue weighted by Crippen LogP contribution is 2.09. The van der Waals surface area contributed by atoms with E-state index in [2.05, 4.69) is 10.6 Å². The molecule has 2 aromatic carbocycles. The Morgan fingerprint density at radius 1 is 0.952 bits per heavy atom. The Bertz CT molecular complexity index is 626. The van der Waals surface area contributed by atoms with Gasteiger partial charge in [0.1, 0.15) is 0 Å². The van der Waals surface area contributed by atoms with E-state index in [0.717, 1.165) is 5.56 Å². The van der Waals surface area contributed by atoms with Crippen molar-refractivity contribution in [2.24, 2.45) is 0 Å². The first-order valence-corrected chi connectivity index (χ1v) is 6.49. The van der Waals surface area contributed by atoms with Crippen LogP contribution in [0.15, 0.2) is 54.6 Å². The highest BCUT2D eigenvalue weighted by atomic mass is 16.6. The maximum atomic E-state index is 11.7. The van der Waals surface area contributed by atoms with Gasteiger partial charge in [-0.2, -0.15) is 0 Å². The van der Waals surface area contributed by atoms with Gasteiger partial charge in [0.15, 0.2) is 6.61 Å². The molecule has 108 valence electrons. The van der Waals surface area contributed by atoms with E-state index in [1.165, 1.54) is 0 Å². The van der Waals surface area contributed by atoms with Crippen LogP contribution >= 0.6 is 0 Å². The van der Waals surface area contributed by atoms with Crippen molar-refractivity contribution in [1.82, 2.24) is 0 Å². The molecule has 0 radical (unpaired) electrons. The van der Waals surface area contributed by atoms with Crippen LogP contribution in [0.2, 0.25) is 0 Å². The Labute approximate surface area is 122 Å². The lowest BCUT2D eigenvalue weighted by atomic mass is 10.2. The van der Waals surface area contributed by atoms with Crippen molar-refractivity contribution in [2.45, 2.75) is 6.92 Å². The van der Waals surface area contributed by atoms with E-state index in [-0.39, 0.29) is 12.5 Å². The second-order valence-electron chi connectivity index (χ2n) is 4.48. The summed E-state index contributed by atoms with van der Waals surface area (Å²) in [4.78, 5) is 23.2. The summed E-state index contributed by atoms with van der Waals surface area (Å²) in [7, 11) is 0. The second-order valence-corrected chi connectivity index (χ2v) is 4.48. The molecule has 2 amide bonds. The van der Waals surface area contributed by atoms with Crippen molar-refractivity contribution in [3.8, 4) is 0 Å². The van der Waals surface area contributed by atoms with E-state index < -0.39 is 6.09 Å². The van der Waals surface area contributed by atoms with E-state index >= 15 is 0 Å². The third kappa shape index (κ3) is 4.99. The third-order valence-electron chi connectivity index (χ3n) is 2.66. The Hall–Kier alpha value is -2.82. The van der Waals surface area contributed by atoms with Crippen molar-refractivity contribution >= 4 is 23.4 Å². The van der Waals surface area contributed by atoms with E-state index in [1.54, 1.807) is 30.3 Å². The van der Waals surface area contributed by atoms with Crippen LogP contribution in [0, 0.1) is 6.92 Å². The van der Waals surface area contributed by atoms with E-state index in [0.29, 0.717) is 11.4 Å². The topological polar surface area (TPSA) is 67.4 Å². The summed E-state index contributed by atoms with van der Waals surface area (Å²) in [6, 6.07) is 16.3. The first-order valence-electron chi connectivity index (χ1n) is 6.49. The minimum absolute atomic E-state index is 0.341. The number of nitrogens with one attached hydrogen (secondary N) is 2. The Morgan fingerprint density at radius 2 is 1.67 bits per heavy atom. The van der Waals surface area contributed by atoms with Gasteiger partial charge in [0.05, 0.1) is 0 Å². The van der Waals surface area contributed by atoms with Gasteiger partial charge in [-0.05, 0) is 36.8 Å². The van der Waals surface area contributed by atoms with Crippen LogP contribution in [0.4, 0.5) is 16.2 Å². The quantitative estimate of drug-likeness (QED) is 0.906. The van der Waals surface area contributed by atoms with Crippen LogP contribution in [0.25, 0.3) is 0 Å². The fourth-order valence-corrected chi connectivity index (χ4v) is 1.73. The molecule has 2 rings (SSSR count). The molecule has 2 N–H and O–H groups in total. The number of anilines is 2. The average molecular weight is 284 g/mol. The summed E-state index contributed by atoms with van der Waals surface area (Å²) in [6.45, 7) is 1.59.